The molecule has 0 bridgehead atoms. The number of amides is 2. The molecular formula is C21H19F3N4O3. The minimum Gasteiger partial charge on any atom is -0.325 e. The lowest BCUT2D eigenvalue weighted by atomic mass is 10.2. The maximum Gasteiger partial charge on any atom is 0.416 e. The molecule has 1 aromatic heterocycles. The molecule has 0 radical (unpaired) electrons. The first-order valence-electron chi connectivity index (χ1n) is 9.36. The summed E-state index contributed by atoms with van der Waals surface area (Å²) in [5.41, 5.74) is -0.863. The average molecular weight is 432 g/mol. The number of aromatic nitrogens is 2. The summed E-state index contributed by atoms with van der Waals surface area (Å²) >= 11 is 0. The third-order valence-corrected chi connectivity index (χ3v) is 4.56. The Morgan fingerprint density at radius 1 is 1.13 bits per heavy atom. The molecule has 3 aromatic rings. The van der Waals surface area contributed by atoms with Gasteiger partial charge in [-0.25, -0.2) is 4.98 Å². The smallest absolute Gasteiger partial charge is 0.325 e. The van der Waals surface area contributed by atoms with E-state index in [9.17, 15) is 27.6 Å². The SMILES string of the molecule is CCN(C(C)=O)c1nc2ccccc2n(CC(=O)Nc2cccc(C(F)(F)F)c2)c1=O. The van der Waals surface area contributed by atoms with E-state index in [0.29, 0.717) is 11.0 Å². The maximum absolute atomic E-state index is 13.0. The van der Waals surface area contributed by atoms with Gasteiger partial charge in [0.25, 0.3) is 5.56 Å². The molecule has 0 aliphatic rings. The van der Waals surface area contributed by atoms with E-state index >= 15 is 0 Å². The van der Waals surface area contributed by atoms with Crippen LogP contribution in [0.25, 0.3) is 11.0 Å². The van der Waals surface area contributed by atoms with Crippen LogP contribution in [-0.4, -0.2) is 27.9 Å². The molecule has 31 heavy (non-hydrogen) atoms. The van der Waals surface area contributed by atoms with Crippen LogP contribution in [0.3, 0.4) is 0 Å². The number of nitrogens with one attached hydrogen (secondary N) is 1. The van der Waals surface area contributed by atoms with Gasteiger partial charge in [0.2, 0.25) is 17.6 Å². The van der Waals surface area contributed by atoms with Crippen LogP contribution in [0.5, 0.6) is 0 Å². The van der Waals surface area contributed by atoms with Crippen molar-refractivity contribution in [3.8, 4) is 0 Å². The Morgan fingerprint density at radius 3 is 2.48 bits per heavy atom. The summed E-state index contributed by atoms with van der Waals surface area (Å²) in [4.78, 5) is 43.0. The molecule has 1 heterocycles. The van der Waals surface area contributed by atoms with E-state index in [4.69, 9.17) is 0 Å². The molecule has 0 spiro atoms. The van der Waals surface area contributed by atoms with Gasteiger partial charge in [-0.15, -0.1) is 0 Å². The zero-order chi connectivity index (χ0) is 22.8. The number of hydrogen-bond acceptors (Lipinski definition) is 4. The Bertz CT molecular complexity index is 1200. The summed E-state index contributed by atoms with van der Waals surface area (Å²) in [6.45, 7) is 2.71. The summed E-state index contributed by atoms with van der Waals surface area (Å²) in [6.07, 6.45) is -4.55. The number of rotatable bonds is 5. The standard InChI is InChI=1S/C21H19F3N4O3/c1-3-27(13(2)29)19-20(31)28(17-10-5-4-9-16(17)26-19)12-18(30)25-15-8-6-7-14(11-15)21(22,23)24/h4-11H,3,12H2,1-2H3,(H,25,30). The lowest BCUT2D eigenvalue weighted by molar-refractivity contribution is -0.137. The van der Waals surface area contributed by atoms with Gasteiger partial charge >= 0.3 is 6.18 Å². The van der Waals surface area contributed by atoms with Gasteiger partial charge in [0.1, 0.15) is 6.54 Å². The van der Waals surface area contributed by atoms with E-state index in [-0.39, 0.29) is 24.0 Å². The maximum atomic E-state index is 13.0. The van der Waals surface area contributed by atoms with Gasteiger partial charge in [-0.05, 0) is 37.3 Å². The van der Waals surface area contributed by atoms with Gasteiger partial charge in [-0.1, -0.05) is 18.2 Å². The highest BCUT2D eigenvalue weighted by molar-refractivity contribution is 5.93. The lowest BCUT2D eigenvalue weighted by Gasteiger charge is -2.19. The monoisotopic (exact) mass is 432 g/mol. The zero-order valence-corrected chi connectivity index (χ0v) is 16.7. The van der Waals surface area contributed by atoms with Gasteiger partial charge in [-0.2, -0.15) is 13.2 Å². The van der Waals surface area contributed by atoms with Crippen LogP contribution in [-0.2, 0) is 22.3 Å². The molecule has 0 unspecified atom stereocenters. The molecule has 2 aromatic carbocycles. The zero-order valence-electron chi connectivity index (χ0n) is 16.7. The van der Waals surface area contributed by atoms with E-state index in [0.717, 1.165) is 16.7 Å². The Morgan fingerprint density at radius 2 is 1.84 bits per heavy atom. The number of carbonyl (C=O) groups excluding carboxylic acids is 2. The van der Waals surface area contributed by atoms with E-state index in [2.05, 4.69) is 10.3 Å². The van der Waals surface area contributed by atoms with E-state index in [1.54, 1.807) is 31.2 Å². The van der Waals surface area contributed by atoms with Crippen LogP contribution >= 0.6 is 0 Å². The predicted octanol–water partition coefficient (Wildman–Crippen LogP) is 3.43. The van der Waals surface area contributed by atoms with Gasteiger partial charge in [0.15, 0.2) is 0 Å². The fourth-order valence-electron chi connectivity index (χ4n) is 3.15. The fraction of sp³-hybridized carbons (Fsp3) is 0.238. The first-order valence-corrected chi connectivity index (χ1v) is 9.36. The summed E-state index contributed by atoms with van der Waals surface area (Å²) < 4.78 is 39.8. The molecule has 0 aliphatic carbocycles. The largest absolute Gasteiger partial charge is 0.416 e. The number of alkyl halides is 3. The van der Waals surface area contributed by atoms with Crippen molar-refractivity contribution in [2.75, 3.05) is 16.8 Å². The number of halogens is 3. The first kappa shape index (κ1) is 22.0. The number of nitrogens with zero attached hydrogens (tertiary/aromatic N) is 3. The van der Waals surface area contributed by atoms with Crippen molar-refractivity contribution < 1.29 is 22.8 Å². The van der Waals surface area contributed by atoms with Gasteiger partial charge in [0.05, 0.1) is 16.6 Å². The molecule has 7 nitrogen and oxygen atoms in total. The molecule has 0 atom stereocenters. The number of carbonyl (C=O) groups is 2. The Balaban J connectivity index is 1.99. The van der Waals surface area contributed by atoms with E-state index in [1.807, 2.05) is 0 Å². The van der Waals surface area contributed by atoms with Crippen molar-refractivity contribution in [3.63, 3.8) is 0 Å². The molecule has 10 heteroatoms. The molecule has 3 rings (SSSR count). The number of fused-ring (bicyclic) bond motifs is 1. The van der Waals surface area contributed by atoms with Gasteiger partial charge < -0.3 is 5.32 Å². The second-order valence-corrected chi connectivity index (χ2v) is 6.71. The van der Waals surface area contributed by atoms with Gasteiger partial charge in [0, 0.05) is 19.2 Å². The number of para-hydroxylation sites is 2. The van der Waals surface area contributed by atoms with E-state index < -0.39 is 29.8 Å². The highest BCUT2D eigenvalue weighted by Gasteiger charge is 2.30. The average Bonchev–Trinajstić information content (AvgIpc) is 2.70. The molecule has 1 N–H and O–H groups in total. The molecule has 2 amide bonds. The molecular weight excluding hydrogens is 413 g/mol. The fourth-order valence-corrected chi connectivity index (χ4v) is 3.15. The second kappa shape index (κ2) is 8.58. The van der Waals surface area contributed by atoms with Crippen LogP contribution in [0.15, 0.2) is 53.3 Å². The van der Waals surface area contributed by atoms with Gasteiger partial charge in [-0.3, -0.25) is 23.9 Å². The predicted molar refractivity (Wildman–Crippen MR) is 110 cm³/mol. The number of benzene rings is 2. The summed E-state index contributed by atoms with van der Waals surface area (Å²) in [7, 11) is 0. The third-order valence-electron chi connectivity index (χ3n) is 4.56. The van der Waals surface area contributed by atoms with Crippen LogP contribution in [0.1, 0.15) is 19.4 Å². The van der Waals surface area contributed by atoms with Crippen LogP contribution in [0, 0.1) is 0 Å². The highest BCUT2D eigenvalue weighted by Crippen LogP contribution is 2.30. The summed E-state index contributed by atoms with van der Waals surface area (Å²) in [6, 6.07) is 10.8. The van der Waals surface area contributed by atoms with Crippen LogP contribution in [0.2, 0.25) is 0 Å². The minimum atomic E-state index is -4.55. The minimum absolute atomic E-state index is 0.0506. The van der Waals surface area contributed by atoms with E-state index in [1.165, 1.54) is 24.0 Å². The quantitative estimate of drug-likeness (QED) is 0.670. The number of hydrogen-bond donors (Lipinski definition) is 1. The van der Waals surface area contributed by atoms with Crippen molar-refractivity contribution in [2.24, 2.45) is 0 Å². The third kappa shape index (κ3) is 4.73. The Hall–Kier alpha value is -3.69. The van der Waals surface area contributed by atoms with Crippen molar-refractivity contribution in [1.82, 2.24) is 9.55 Å². The Labute approximate surface area is 175 Å². The lowest BCUT2D eigenvalue weighted by Crippen LogP contribution is -2.38. The molecule has 0 saturated heterocycles. The van der Waals surface area contributed by atoms with Crippen molar-refractivity contribution in [1.29, 1.82) is 0 Å². The topological polar surface area (TPSA) is 84.3 Å². The first-order chi connectivity index (χ1) is 14.6. The molecule has 0 aliphatic heterocycles. The van der Waals surface area contributed by atoms with Crippen LogP contribution < -0.4 is 15.8 Å². The number of anilines is 2. The normalized spacial score (nSPS) is 11.4. The second-order valence-electron chi connectivity index (χ2n) is 6.71. The molecule has 0 saturated carbocycles. The Kier molecular flexibility index (Phi) is 6.09. The summed E-state index contributed by atoms with van der Waals surface area (Å²) in [5.74, 6) is -1.21. The highest BCUT2D eigenvalue weighted by atomic mass is 19.4. The van der Waals surface area contributed by atoms with Crippen molar-refractivity contribution >= 4 is 34.4 Å². The van der Waals surface area contributed by atoms with Crippen molar-refractivity contribution in [3.05, 3.63) is 64.4 Å². The summed E-state index contributed by atoms with van der Waals surface area (Å²) in [5, 5.41) is 2.38. The van der Waals surface area contributed by atoms with Crippen molar-refractivity contribution in [2.45, 2.75) is 26.6 Å². The van der Waals surface area contributed by atoms with Crippen LogP contribution in [0.4, 0.5) is 24.7 Å². The molecule has 162 valence electrons. The molecule has 0 fully saturated rings.